The van der Waals surface area contributed by atoms with E-state index < -0.39 is 21.8 Å². The Morgan fingerprint density at radius 2 is 1.84 bits per heavy atom. The van der Waals surface area contributed by atoms with Gasteiger partial charge in [0, 0.05) is 50.2 Å². The lowest BCUT2D eigenvalue weighted by Gasteiger charge is -2.35. The molecule has 1 aliphatic rings. The summed E-state index contributed by atoms with van der Waals surface area (Å²) in [6.45, 7) is 5.65. The van der Waals surface area contributed by atoms with Crippen molar-refractivity contribution in [1.29, 1.82) is 0 Å². The number of piperazine rings is 1. The van der Waals surface area contributed by atoms with Gasteiger partial charge in [-0.05, 0) is 38.1 Å². The van der Waals surface area contributed by atoms with E-state index in [-0.39, 0.29) is 40.9 Å². The lowest BCUT2D eigenvalue weighted by atomic mass is 10.1. The van der Waals surface area contributed by atoms with E-state index in [0.29, 0.717) is 36.9 Å². The van der Waals surface area contributed by atoms with Crippen LogP contribution in [0, 0.1) is 6.92 Å². The fraction of sp³-hybridized carbons (Fsp3) is 0.375. The van der Waals surface area contributed by atoms with E-state index in [4.69, 9.17) is 8.94 Å². The number of nitrogens with one attached hydrogen (secondary N) is 1. The Labute approximate surface area is 216 Å². The summed E-state index contributed by atoms with van der Waals surface area (Å²) in [6, 6.07) is 8.29. The topological polar surface area (TPSA) is 118 Å². The summed E-state index contributed by atoms with van der Waals surface area (Å²) in [5.41, 5.74) is -0.326. The van der Waals surface area contributed by atoms with Crippen molar-refractivity contribution in [2.45, 2.75) is 31.2 Å². The molecule has 1 atom stereocenters. The second kappa shape index (κ2) is 10.0. The molecule has 14 heteroatoms. The van der Waals surface area contributed by atoms with Crippen molar-refractivity contribution in [1.82, 2.24) is 24.3 Å². The smallest absolute Gasteiger partial charge is 0.418 e. The van der Waals surface area contributed by atoms with Crippen molar-refractivity contribution in [3.63, 3.8) is 0 Å². The normalized spacial score (nSPS) is 16.7. The summed E-state index contributed by atoms with van der Waals surface area (Å²) >= 11 is 0. The first-order chi connectivity index (χ1) is 18.0. The quantitative estimate of drug-likeness (QED) is 0.364. The van der Waals surface area contributed by atoms with Gasteiger partial charge in [0.15, 0.2) is 5.76 Å². The molecule has 0 aliphatic carbocycles. The number of aromatic nitrogens is 3. The molecule has 0 saturated carbocycles. The van der Waals surface area contributed by atoms with Gasteiger partial charge in [0.25, 0.3) is 10.0 Å². The van der Waals surface area contributed by atoms with Crippen LogP contribution in [-0.2, 0) is 16.2 Å². The number of alkyl halides is 3. The minimum atomic E-state index is -4.52. The molecule has 5 rings (SSSR count). The van der Waals surface area contributed by atoms with Gasteiger partial charge in [-0.2, -0.15) is 17.5 Å². The molecule has 1 unspecified atom stereocenters. The number of nitrogens with zero attached hydrogens (tertiary/aromatic N) is 5. The summed E-state index contributed by atoms with van der Waals surface area (Å²) in [7, 11) is -3.83. The first-order valence-electron chi connectivity index (χ1n) is 11.9. The van der Waals surface area contributed by atoms with E-state index in [1.54, 1.807) is 19.1 Å². The SMILES string of the molecule is Cc1cc(-c2ccc(S(=O)(=O)N3CCN(CC(C)Nc4ncnc5c(C(F)(F)F)cccc45)CC3)o2)on1. The summed E-state index contributed by atoms with van der Waals surface area (Å²) in [5, 5.41) is 7.07. The number of sulfonamides is 1. The second-order valence-corrected chi connectivity index (χ2v) is 11.0. The van der Waals surface area contributed by atoms with Crippen molar-refractivity contribution >= 4 is 26.7 Å². The van der Waals surface area contributed by atoms with Crippen molar-refractivity contribution in [2.75, 3.05) is 38.0 Å². The minimum absolute atomic E-state index is 0.164. The molecule has 10 nitrogen and oxygen atoms in total. The van der Waals surface area contributed by atoms with Gasteiger partial charge in [-0.1, -0.05) is 11.2 Å². The van der Waals surface area contributed by atoms with Crippen LogP contribution < -0.4 is 5.32 Å². The van der Waals surface area contributed by atoms with Crippen LogP contribution in [0.5, 0.6) is 0 Å². The van der Waals surface area contributed by atoms with E-state index in [9.17, 15) is 21.6 Å². The van der Waals surface area contributed by atoms with Crippen molar-refractivity contribution in [3.8, 4) is 11.5 Å². The number of benzene rings is 1. The predicted molar refractivity (Wildman–Crippen MR) is 132 cm³/mol. The van der Waals surface area contributed by atoms with E-state index >= 15 is 0 Å². The maximum atomic E-state index is 13.4. The lowest BCUT2D eigenvalue weighted by molar-refractivity contribution is -0.136. The molecule has 4 aromatic rings. The van der Waals surface area contributed by atoms with Crippen molar-refractivity contribution < 1.29 is 30.5 Å². The predicted octanol–water partition coefficient (Wildman–Crippen LogP) is 4.01. The highest BCUT2D eigenvalue weighted by molar-refractivity contribution is 7.89. The molecule has 1 saturated heterocycles. The molecule has 0 radical (unpaired) electrons. The fourth-order valence-electron chi connectivity index (χ4n) is 4.45. The van der Waals surface area contributed by atoms with Gasteiger partial charge in [0.05, 0.1) is 16.8 Å². The second-order valence-electron chi connectivity index (χ2n) is 9.12. The molecule has 1 aliphatic heterocycles. The first-order valence-corrected chi connectivity index (χ1v) is 13.3. The average molecular weight is 551 g/mol. The number of halogens is 3. The average Bonchev–Trinajstić information content (AvgIpc) is 3.53. The molecule has 202 valence electrons. The van der Waals surface area contributed by atoms with Crippen LogP contribution in [0.25, 0.3) is 22.4 Å². The number of rotatable bonds is 7. The van der Waals surface area contributed by atoms with Crippen LogP contribution in [0.3, 0.4) is 0 Å². The van der Waals surface area contributed by atoms with Gasteiger partial charge < -0.3 is 14.3 Å². The van der Waals surface area contributed by atoms with Gasteiger partial charge in [0.2, 0.25) is 10.9 Å². The highest BCUT2D eigenvalue weighted by atomic mass is 32.2. The maximum Gasteiger partial charge on any atom is 0.418 e. The number of anilines is 1. The molecule has 1 aromatic carbocycles. The van der Waals surface area contributed by atoms with E-state index in [0.717, 1.165) is 12.4 Å². The lowest BCUT2D eigenvalue weighted by Crippen LogP contribution is -2.50. The van der Waals surface area contributed by atoms with Crippen LogP contribution in [0.1, 0.15) is 18.2 Å². The van der Waals surface area contributed by atoms with E-state index in [2.05, 4.69) is 25.3 Å². The number of aryl methyl sites for hydroxylation is 1. The number of fused-ring (bicyclic) bond motifs is 1. The maximum absolute atomic E-state index is 13.4. The third kappa shape index (κ3) is 5.24. The Bertz CT molecular complexity index is 1540. The molecule has 0 amide bonds. The number of hydrogen-bond acceptors (Lipinski definition) is 9. The summed E-state index contributed by atoms with van der Waals surface area (Å²) in [5.74, 6) is 0.939. The highest BCUT2D eigenvalue weighted by Crippen LogP contribution is 2.35. The zero-order valence-corrected chi connectivity index (χ0v) is 21.4. The molecule has 3 aromatic heterocycles. The fourth-order valence-corrected chi connectivity index (χ4v) is 5.78. The Balaban J connectivity index is 1.21. The molecular weight excluding hydrogens is 525 g/mol. The monoisotopic (exact) mass is 550 g/mol. The van der Waals surface area contributed by atoms with Crippen LogP contribution >= 0.6 is 0 Å². The van der Waals surface area contributed by atoms with E-state index in [1.165, 1.54) is 22.5 Å². The van der Waals surface area contributed by atoms with Crippen LogP contribution in [0.2, 0.25) is 0 Å². The van der Waals surface area contributed by atoms with Crippen LogP contribution in [0.15, 0.2) is 56.8 Å². The molecule has 0 spiro atoms. The first kappa shape index (κ1) is 26.1. The minimum Gasteiger partial charge on any atom is -0.440 e. The molecule has 4 heterocycles. The number of furan rings is 1. The zero-order valence-electron chi connectivity index (χ0n) is 20.6. The molecule has 0 bridgehead atoms. The van der Waals surface area contributed by atoms with E-state index in [1.807, 2.05) is 6.92 Å². The molecule has 1 fully saturated rings. The van der Waals surface area contributed by atoms with Gasteiger partial charge in [-0.3, -0.25) is 4.90 Å². The number of hydrogen-bond donors (Lipinski definition) is 1. The Morgan fingerprint density at radius 3 is 2.53 bits per heavy atom. The molecule has 38 heavy (non-hydrogen) atoms. The summed E-state index contributed by atoms with van der Waals surface area (Å²) in [4.78, 5) is 10.1. The van der Waals surface area contributed by atoms with Crippen LogP contribution in [0.4, 0.5) is 19.0 Å². The Morgan fingerprint density at radius 1 is 1.08 bits per heavy atom. The Hall–Kier alpha value is -3.49. The van der Waals surface area contributed by atoms with Gasteiger partial charge in [-0.25, -0.2) is 18.4 Å². The molecule has 1 N–H and O–H groups in total. The summed E-state index contributed by atoms with van der Waals surface area (Å²) < 4.78 is 78.4. The Kier molecular flexibility index (Phi) is 6.88. The largest absolute Gasteiger partial charge is 0.440 e. The molecular formula is C24H25F3N6O4S. The number of para-hydroxylation sites is 1. The third-order valence-corrected chi connectivity index (χ3v) is 8.04. The van der Waals surface area contributed by atoms with Gasteiger partial charge in [0.1, 0.15) is 12.1 Å². The standard InChI is InChI=1S/C24H25F3N6O4S/c1-15-12-20(37-31-15)19-6-7-21(36-19)38(34,35)33-10-8-32(9-11-33)13-16(2)30-23-17-4-3-5-18(24(25,26)27)22(17)28-14-29-23/h3-7,12,14,16H,8-11,13H2,1-2H3,(H,28,29,30). The highest BCUT2D eigenvalue weighted by Gasteiger charge is 2.34. The zero-order chi connectivity index (χ0) is 27.1. The van der Waals surface area contributed by atoms with Gasteiger partial charge in [-0.15, -0.1) is 0 Å². The summed E-state index contributed by atoms with van der Waals surface area (Å²) in [6.07, 6.45) is -3.41. The van der Waals surface area contributed by atoms with Crippen molar-refractivity contribution in [2.24, 2.45) is 0 Å². The van der Waals surface area contributed by atoms with Crippen LogP contribution in [-0.4, -0.2) is 71.5 Å². The van der Waals surface area contributed by atoms with Gasteiger partial charge >= 0.3 is 6.18 Å². The van der Waals surface area contributed by atoms with Crippen molar-refractivity contribution in [3.05, 3.63) is 54.0 Å². The third-order valence-electron chi connectivity index (χ3n) is 6.26.